The number of hydrogen-bond acceptors (Lipinski definition) is 10. The number of unbranched alkanes of at least 4 members (excludes halogenated alkanes) is 2. The van der Waals surface area contributed by atoms with Crippen LogP contribution < -0.4 is 5.32 Å². The smallest absolute Gasteiger partial charge is 0.326 e. The summed E-state index contributed by atoms with van der Waals surface area (Å²) in [5.41, 5.74) is 0.767. The number of carbonyl (C=O) groups excluding carboxylic acids is 7. The number of likely N-dealkylation sites (tertiary alicyclic amines) is 2. The molecule has 0 aromatic heterocycles. The number of methoxy groups -OCH3 is 2. The van der Waals surface area contributed by atoms with E-state index in [1.54, 1.807) is 49.9 Å². The van der Waals surface area contributed by atoms with Crippen molar-refractivity contribution in [3.8, 4) is 0 Å². The summed E-state index contributed by atoms with van der Waals surface area (Å²) in [6, 6.07) is 6.13. The van der Waals surface area contributed by atoms with E-state index < -0.39 is 60.1 Å². The zero-order valence-corrected chi connectivity index (χ0v) is 42.3. The van der Waals surface area contributed by atoms with E-state index >= 15 is 0 Å². The molecule has 2 fully saturated rings. The summed E-state index contributed by atoms with van der Waals surface area (Å²) < 4.78 is 12.0. The van der Waals surface area contributed by atoms with E-state index in [-0.39, 0.29) is 91.1 Å². The number of Topliss-reactive ketones (excluding diaryl/α,β-unsaturated/α-hetero) is 1. The number of likely N-dealkylation sites (N-methyl/N-ethyl adjacent to an activating group) is 2. The molecule has 2 aliphatic rings. The van der Waals surface area contributed by atoms with Crippen LogP contribution in [0.4, 0.5) is 0 Å². The summed E-state index contributed by atoms with van der Waals surface area (Å²) in [6.45, 7) is 15.8. The topological polar surface area (TPSA) is 200 Å². The molecule has 16 heteroatoms. The minimum absolute atomic E-state index is 0.0594. The molecule has 2 N–H and O–H groups in total. The molecule has 376 valence electrons. The lowest BCUT2D eigenvalue weighted by atomic mass is 9.83. The highest BCUT2D eigenvalue weighted by Crippen LogP contribution is 2.31. The fourth-order valence-electron chi connectivity index (χ4n) is 10.0. The fraction of sp³-hybridized carbons (Fsp3) is 0.725. The first kappa shape index (κ1) is 56.6. The average molecular weight is 940 g/mol. The second-order valence-corrected chi connectivity index (χ2v) is 19.7. The Labute approximate surface area is 399 Å². The van der Waals surface area contributed by atoms with Crippen LogP contribution in [0.3, 0.4) is 0 Å². The molecule has 6 amide bonds. The number of aliphatic carboxylic acids is 1. The summed E-state index contributed by atoms with van der Waals surface area (Å²) in [7, 11) is 6.33. The standard InChI is InChI=1S/C51H81N5O11/c1-13-33(6)46(41(66-11)30-44(60)55-26-20-23-39(55)47(67-12)35(8)48(61)52-38(51(64)65)28-36-21-16-14-17-22-36)54(10)50(63)37(31(2)3)29-40(57)45(32(4)5)53(9)42(58)24-18-15-19-25-56-43(59)27-34(7)49(56)62/h14,16-17,21-22,31-35,37-39,41,45-47H,13,15,18-20,23-30H2,1-12H3,(H,52,61)(H,64,65)/t33-,34?,35+,37-,38-,39-,41+,45-,46-,47+/m0/s1. The van der Waals surface area contributed by atoms with Crippen molar-refractivity contribution < 1.29 is 52.9 Å². The first-order valence-electron chi connectivity index (χ1n) is 24.4. The van der Waals surface area contributed by atoms with Gasteiger partial charge >= 0.3 is 5.97 Å². The van der Waals surface area contributed by atoms with Crippen molar-refractivity contribution in [1.82, 2.24) is 24.9 Å². The Morgan fingerprint density at radius 1 is 0.881 bits per heavy atom. The first-order chi connectivity index (χ1) is 31.6. The maximum Gasteiger partial charge on any atom is 0.326 e. The lowest BCUT2D eigenvalue weighted by Crippen LogP contribution is -2.55. The van der Waals surface area contributed by atoms with Crippen LogP contribution in [-0.4, -0.2) is 150 Å². The number of carbonyl (C=O) groups is 8. The lowest BCUT2D eigenvalue weighted by Gasteiger charge is -2.41. The number of nitrogens with one attached hydrogen (secondary N) is 1. The summed E-state index contributed by atoms with van der Waals surface area (Å²) in [6.07, 6.45) is 2.65. The number of ether oxygens (including phenoxy) is 2. The highest BCUT2D eigenvalue weighted by atomic mass is 16.5. The number of carboxylic acids is 1. The maximum atomic E-state index is 14.6. The molecule has 2 aliphatic heterocycles. The van der Waals surface area contributed by atoms with Crippen LogP contribution in [0.5, 0.6) is 0 Å². The zero-order valence-electron chi connectivity index (χ0n) is 42.3. The molecule has 1 aromatic carbocycles. The average Bonchev–Trinajstić information content (AvgIpc) is 3.87. The molecule has 0 bridgehead atoms. The molecule has 0 saturated carbocycles. The van der Waals surface area contributed by atoms with Crippen LogP contribution in [-0.2, 0) is 54.3 Å². The molecule has 67 heavy (non-hydrogen) atoms. The van der Waals surface area contributed by atoms with Gasteiger partial charge in [0, 0.05) is 78.9 Å². The summed E-state index contributed by atoms with van der Waals surface area (Å²) in [4.78, 5) is 113. The Hall–Kier alpha value is -4.70. The third-order valence-electron chi connectivity index (χ3n) is 14.2. The van der Waals surface area contributed by atoms with E-state index in [4.69, 9.17) is 9.47 Å². The van der Waals surface area contributed by atoms with Crippen molar-refractivity contribution >= 4 is 47.2 Å². The van der Waals surface area contributed by atoms with Gasteiger partial charge in [0.15, 0.2) is 5.78 Å². The number of hydrogen-bond donors (Lipinski definition) is 2. The van der Waals surface area contributed by atoms with E-state index in [9.17, 15) is 43.5 Å². The zero-order chi connectivity index (χ0) is 50.3. The van der Waals surface area contributed by atoms with Crippen molar-refractivity contribution in [2.75, 3.05) is 41.4 Å². The first-order valence-corrected chi connectivity index (χ1v) is 24.4. The molecule has 0 aliphatic carbocycles. The monoisotopic (exact) mass is 940 g/mol. The Balaban J connectivity index is 1.71. The van der Waals surface area contributed by atoms with E-state index in [0.29, 0.717) is 51.6 Å². The van der Waals surface area contributed by atoms with Gasteiger partial charge in [-0.05, 0) is 49.0 Å². The van der Waals surface area contributed by atoms with Crippen molar-refractivity contribution in [3.05, 3.63) is 35.9 Å². The van der Waals surface area contributed by atoms with E-state index in [1.807, 2.05) is 59.7 Å². The molecule has 1 unspecified atom stereocenters. The molecule has 10 atom stereocenters. The van der Waals surface area contributed by atoms with Gasteiger partial charge in [0.2, 0.25) is 35.4 Å². The van der Waals surface area contributed by atoms with E-state index in [1.165, 1.54) is 24.0 Å². The Morgan fingerprint density at radius 2 is 1.54 bits per heavy atom. The van der Waals surface area contributed by atoms with Crippen LogP contribution in [0.1, 0.15) is 125 Å². The van der Waals surface area contributed by atoms with Gasteiger partial charge in [0.05, 0.1) is 42.7 Å². The van der Waals surface area contributed by atoms with Crippen LogP contribution in [0.2, 0.25) is 0 Å². The Kier molecular flexibility index (Phi) is 22.6. The van der Waals surface area contributed by atoms with Gasteiger partial charge in [0.25, 0.3) is 0 Å². The summed E-state index contributed by atoms with van der Waals surface area (Å²) >= 11 is 0. The number of imide groups is 1. The van der Waals surface area contributed by atoms with Gasteiger partial charge < -0.3 is 34.6 Å². The SMILES string of the molecule is CC[C@H](C)[C@@H]([C@@H](CC(=O)N1CCC[C@H]1[C@H](OC)[C@@H](C)C(=O)N[C@@H](Cc1ccccc1)C(=O)O)OC)N(C)C(=O)[C@@H](CC(=O)[C@H](C(C)C)N(C)C(=O)CCCCCN1C(=O)CC(C)C1=O)C(C)C. The lowest BCUT2D eigenvalue weighted by molar-refractivity contribution is -0.150. The second kappa shape index (κ2) is 26.7. The minimum atomic E-state index is -1.16. The van der Waals surface area contributed by atoms with Gasteiger partial charge in [-0.25, -0.2) is 4.79 Å². The number of rotatable bonds is 28. The summed E-state index contributed by atoms with van der Waals surface area (Å²) in [5.74, 6) is -5.20. The van der Waals surface area contributed by atoms with E-state index in [2.05, 4.69) is 5.32 Å². The molecule has 2 saturated heterocycles. The van der Waals surface area contributed by atoms with Crippen LogP contribution in [0.25, 0.3) is 0 Å². The van der Waals surface area contributed by atoms with Gasteiger partial charge in [-0.2, -0.15) is 0 Å². The van der Waals surface area contributed by atoms with E-state index in [0.717, 1.165) is 5.56 Å². The normalized spacial score (nSPS) is 20.0. The predicted octanol–water partition coefficient (Wildman–Crippen LogP) is 5.39. The number of ketones is 1. The van der Waals surface area contributed by atoms with Crippen LogP contribution >= 0.6 is 0 Å². The molecule has 0 radical (unpaired) electrons. The van der Waals surface area contributed by atoms with Gasteiger partial charge in [0.1, 0.15) is 6.04 Å². The maximum absolute atomic E-state index is 14.6. The third-order valence-corrected chi connectivity index (χ3v) is 14.2. The Morgan fingerprint density at radius 3 is 2.07 bits per heavy atom. The predicted molar refractivity (Wildman–Crippen MR) is 254 cm³/mol. The number of benzene rings is 1. The largest absolute Gasteiger partial charge is 0.480 e. The molecule has 16 nitrogen and oxygen atoms in total. The van der Waals surface area contributed by atoms with Crippen molar-refractivity contribution in [3.63, 3.8) is 0 Å². The molecule has 3 rings (SSSR count). The van der Waals surface area contributed by atoms with Gasteiger partial charge in [-0.15, -0.1) is 0 Å². The molecule has 1 aromatic rings. The van der Waals surface area contributed by atoms with Crippen molar-refractivity contribution in [1.29, 1.82) is 0 Å². The molecular formula is C51H81N5O11. The van der Waals surface area contributed by atoms with Crippen LogP contribution in [0, 0.1) is 35.5 Å². The van der Waals surface area contributed by atoms with Gasteiger partial charge in [-0.3, -0.25) is 38.5 Å². The van der Waals surface area contributed by atoms with Gasteiger partial charge in [-0.1, -0.05) is 98.6 Å². The summed E-state index contributed by atoms with van der Waals surface area (Å²) in [5, 5.41) is 12.6. The van der Waals surface area contributed by atoms with Crippen molar-refractivity contribution in [2.24, 2.45) is 35.5 Å². The highest BCUT2D eigenvalue weighted by molar-refractivity contribution is 6.03. The molecule has 0 spiro atoms. The highest BCUT2D eigenvalue weighted by Gasteiger charge is 2.44. The van der Waals surface area contributed by atoms with Crippen molar-refractivity contribution in [2.45, 2.75) is 162 Å². The fourth-order valence-corrected chi connectivity index (χ4v) is 10.0. The minimum Gasteiger partial charge on any atom is -0.480 e. The second-order valence-electron chi connectivity index (χ2n) is 19.7. The van der Waals surface area contributed by atoms with Crippen LogP contribution in [0.15, 0.2) is 30.3 Å². The third kappa shape index (κ3) is 15.1. The quantitative estimate of drug-likeness (QED) is 0.0807. The molecule has 2 heterocycles. The number of carboxylic acid groups (broad SMARTS) is 1. The number of amides is 6. The molecular weight excluding hydrogens is 859 g/mol. The Bertz CT molecular complexity index is 1840. The number of nitrogens with zero attached hydrogens (tertiary/aromatic N) is 4.